The highest BCUT2D eigenvalue weighted by atomic mass is 32.2. The van der Waals surface area contributed by atoms with Crippen LogP contribution in [0.1, 0.15) is 18.9 Å². The summed E-state index contributed by atoms with van der Waals surface area (Å²) in [6, 6.07) is 0.454. The van der Waals surface area contributed by atoms with Crippen molar-refractivity contribution >= 4 is 34.7 Å². The largest absolute Gasteiger partial charge is 0.382 e. The second-order valence-corrected chi connectivity index (χ2v) is 5.36. The fraction of sp³-hybridized carbons (Fsp3) is 0.500. The molecule has 0 atom stereocenters. The molecule has 0 bridgehead atoms. The van der Waals surface area contributed by atoms with Crippen LogP contribution in [0.4, 0.5) is 11.8 Å². The van der Waals surface area contributed by atoms with Crippen molar-refractivity contribution in [3.8, 4) is 0 Å². The van der Waals surface area contributed by atoms with Crippen LogP contribution in [0.2, 0.25) is 0 Å². The van der Waals surface area contributed by atoms with E-state index in [2.05, 4.69) is 19.5 Å². The standard InChI is InChI=1S/C10H14N6S/c11-8-7-9(15-10(12)14-8)16(5-13-7)6-1-3-17-4-2-6/h5-6H,1-4H2,(H4,11,12,14,15). The van der Waals surface area contributed by atoms with Crippen LogP contribution in [-0.2, 0) is 0 Å². The fourth-order valence-electron chi connectivity index (χ4n) is 2.19. The maximum Gasteiger partial charge on any atom is 0.224 e. The number of imidazole rings is 1. The third-order valence-electron chi connectivity index (χ3n) is 3.05. The summed E-state index contributed by atoms with van der Waals surface area (Å²) in [5.74, 6) is 2.93. The van der Waals surface area contributed by atoms with Crippen LogP contribution < -0.4 is 11.5 Å². The van der Waals surface area contributed by atoms with Gasteiger partial charge in [-0.25, -0.2) is 4.98 Å². The second kappa shape index (κ2) is 4.06. The van der Waals surface area contributed by atoms with Crippen LogP contribution in [0.3, 0.4) is 0 Å². The van der Waals surface area contributed by atoms with Crippen LogP contribution in [0.15, 0.2) is 6.33 Å². The monoisotopic (exact) mass is 250 g/mol. The lowest BCUT2D eigenvalue weighted by Gasteiger charge is -2.22. The molecule has 0 aliphatic carbocycles. The SMILES string of the molecule is Nc1nc(N)c2ncn(C3CCSCC3)c2n1. The number of hydrogen-bond donors (Lipinski definition) is 2. The zero-order valence-corrected chi connectivity index (χ0v) is 10.2. The Kier molecular flexibility index (Phi) is 2.54. The first kappa shape index (κ1) is 10.6. The molecule has 0 saturated carbocycles. The summed E-state index contributed by atoms with van der Waals surface area (Å²) < 4.78 is 2.09. The van der Waals surface area contributed by atoms with Gasteiger partial charge in [-0.3, -0.25) is 0 Å². The molecule has 0 unspecified atom stereocenters. The van der Waals surface area contributed by atoms with Gasteiger partial charge >= 0.3 is 0 Å². The third-order valence-corrected chi connectivity index (χ3v) is 4.10. The van der Waals surface area contributed by atoms with Crippen molar-refractivity contribution in [1.29, 1.82) is 0 Å². The maximum absolute atomic E-state index is 5.79. The fourth-order valence-corrected chi connectivity index (χ4v) is 3.27. The van der Waals surface area contributed by atoms with E-state index in [-0.39, 0.29) is 5.95 Å². The van der Waals surface area contributed by atoms with E-state index in [4.69, 9.17) is 11.5 Å². The predicted octanol–water partition coefficient (Wildman–Crippen LogP) is 1.06. The summed E-state index contributed by atoms with van der Waals surface area (Å²) in [5.41, 5.74) is 12.8. The summed E-state index contributed by atoms with van der Waals surface area (Å²) in [6.45, 7) is 0. The normalized spacial score (nSPS) is 17.6. The van der Waals surface area contributed by atoms with Gasteiger partial charge in [-0.2, -0.15) is 21.7 Å². The van der Waals surface area contributed by atoms with Crippen molar-refractivity contribution in [1.82, 2.24) is 19.5 Å². The molecular formula is C10H14N6S. The average molecular weight is 250 g/mol. The molecule has 1 saturated heterocycles. The van der Waals surface area contributed by atoms with Crippen LogP contribution >= 0.6 is 11.8 Å². The first-order chi connectivity index (χ1) is 8.25. The number of hydrogen-bond acceptors (Lipinski definition) is 6. The van der Waals surface area contributed by atoms with Gasteiger partial charge in [-0.15, -0.1) is 0 Å². The molecule has 4 N–H and O–H groups in total. The van der Waals surface area contributed by atoms with Gasteiger partial charge in [-0.1, -0.05) is 0 Å². The molecule has 2 aromatic rings. The highest BCUT2D eigenvalue weighted by Gasteiger charge is 2.19. The topological polar surface area (TPSA) is 95.6 Å². The lowest BCUT2D eigenvalue weighted by molar-refractivity contribution is 0.478. The molecule has 3 heterocycles. The Hall–Kier alpha value is -1.50. The van der Waals surface area contributed by atoms with Gasteiger partial charge in [0.1, 0.15) is 5.52 Å². The number of rotatable bonds is 1. The number of nitrogen functional groups attached to an aromatic ring is 2. The van der Waals surface area contributed by atoms with Crippen molar-refractivity contribution in [2.75, 3.05) is 23.0 Å². The third kappa shape index (κ3) is 1.80. The molecule has 7 heteroatoms. The van der Waals surface area contributed by atoms with Crippen molar-refractivity contribution in [3.63, 3.8) is 0 Å². The molecule has 1 aliphatic rings. The maximum atomic E-state index is 5.79. The predicted molar refractivity (Wildman–Crippen MR) is 69.7 cm³/mol. The Morgan fingerprint density at radius 2 is 2.00 bits per heavy atom. The molecule has 1 fully saturated rings. The molecule has 2 aromatic heterocycles. The van der Waals surface area contributed by atoms with Gasteiger partial charge < -0.3 is 16.0 Å². The molecule has 0 aromatic carbocycles. The van der Waals surface area contributed by atoms with Crippen LogP contribution in [0, 0.1) is 0 Å². The smallest absolute Gasteiger partial charge is 0.224 e. The van der Waals surface area contributed by atoms with Crippen LogP contribution in [0.25, 0.3) is 11.2 Å². The Morgan fingerprint density at radius 1 is 1.24 bits per heavy atom. The quantitative estimate of drug-likeness (QED) is 0.785. The van der Waals surface area contributed by atoms with Gasteiger partial charge in [0.2, 0.25) is 5.95 Å². The van der Waals surface area contributed by atoms with E-state index >= 15 is 0 Å². The molecule has 0 amide bonds. The number of fused-ring (bicyclic) bond motifs is 1. The summed E-state index contributed by atoms with van der Waals surface area (Å²) >= 11 is 1.99. The minimum atomic E-state index is 0.210. The van der Waals surface area contributed by atoms with E-state index < -0.39 is 0 Å². The Labute approximate surface area is 103 Å². The van der Waals surface area contributed by atoms with Crippen molar-refractivity contribution in [2.45, 2.75) is 18.9 Å². The number of nitrogens with zero attached hydrogens (tertiary/aromatic N) is 4. The molecule has 3 rings (SSSR count). The van der Waals surface area contributed by atoms with E-state index in [0.717, 1.165) is 18.5 Å². The molecular weight excluding hydrogens is 236 g/mol. The highest BCUT2D eigenvalue weighted by Crippen LogP contribution is 2.30. The molecule has 0 radical (unpaired) electrons. The number of nitrogens with two attached hydrogens (primary N) is 2. The van der Waals surface area contributed by atoms with Gasteiger partial charge in [0.05, 0.1) is 6.33 Å². The Balaban J connectivity index is 2.10. The van der Waals surface area contributed by atoms with Gasteiger partial charge in [-0.05, 0) is 24.3 Å². The van der Waals surface area contributed by atoms with Crippen LogP contribution in [0.5, 0.6) is 0 Å². The van der Waals surface area contributed by atoms with Crippen LogP contribution in [-0.4, -0.2) is 31.0 Å². The summed E-state index contributed by atoms with van der Waals surface area (Å²) in [6.07, 6.45) is 4.08. The second-order valence-electron chi connectivity index (χ2n) is 4.13. The lowest BCUT2D eigenvalue weighted by Crippen LogP contribution is -2.15. The molecule has 0 spiro atoms. The molecule has 17 heavy (non-hydrogen) atoms. The molecule has 1 aliphatic heterocycles. The summed E-state index contributed by atoms with van der Waals surface area (Å²) in [7, 11) is 0. The Bertz CT molecular complexity index is 545. The zero-order chi connectivity index (χ0) is 11.8. The number of thioether (sulfide) groups is 1. The minimum absolute atomic E-state index is 0.210. The van der Waals surface area contributed by atoms with Gasteiger partial charge in [0.25, 0.3) is 0 Å². The first-order valence-corrected chi connectivity index (χ1v) is 6.74. The van der Waals surface area contributed by atoms with E-state index in [9.17, 15) is 0 Å². The minimum Gasteiger partial charge on any atom is -0.382 e. The average Bonchev–Trinajstić information content (AvgIpc) is 2.74. The lowest BCUT2D eigenvalue weighted by atomic mass is 10.1. The van der Waals surface area contributed by atoms with E-state index in [1.54, 1.807) is 6.33 Å². The highest BCUT2D eigenvalue weighted by molar-refractivity contribution is 7.99. The number of aromatic nitrogens is 4. The van der Waals surface area contributed by atoms with Gasteiger partial charge in [0.15, 0.2) is 11.5 Å². The van der Waals surface area contributed by atoms with Gasteiger partial charge in [0, 0.05) is 6.04 Å². The number of anilines is 2. The molecule has 90 valence electrons. The summed E-state index contributed by atoms with van der Waals surface area (Å²) in [5, 5.41) is 0. The molecule has 6 nitrogen and oxygen atoms in total. The van der Waals surface area contributed by atoms with Crippen molar-refractivity contribution in [3.05, 3.63) is 6.33 Å². The van der Waals surface area contributed by atoms with E-state index in [1.807, 2.05) is 11.8 Å². The first-order valence-electron chi connectivity index (χ1n) is 5.59. The van der Waals surface area contributed by atoms with Crippen molar-refractivity contribution in [2.24, 2.45) is 0 Å². The Morgan fingerprint density at radius 3 is 2.76 bits per heavy atom. The van der Waals surface area contributed by atoms with E-state index in [0.29, 0.717) is 17.4 Å². The van der Waals surface area contributed by atoms with E-state index in [1.165, 1.54) is 11.5 Å². The van der Waals surface area contributed by atoms with Crippen molar-refractivity contribution < 1.29 is 0 Å². The zero-order valence-electron chi connectivity index (χ0n) is 9.33. The summed E-state index contributed by atoms with van der Waals surface area (Å²) in [4.78, 5) is 12.5.